The van der Waals surface area contributed by atoms with Crippen LogP contribution >= 0.6 is 0 Å². The standard InChI is InChI=1S/C21H29N3O3S/c1-16-12-17(2)14-19(13-16)27-20-7-6-18(22(3)4)15-21(20)28(25,26)24-10-8-23(5)9-11-24/h6-7,12-15H,8-11H2,1-5H3/p+1. The number of aryl methyl sites for hydroxylation is 2. The zero-order chi connectivity index (χ0) is 20.5. The first-order valence-corrected chi connectivity index (χ1v) is 11.0. The van der Waals surface area contributed by atoms with Gasteiger partial charge in [-0.3, -0.25) is 0 Å². The van der Waals surface area contributed by atoms with E-state index in [-0.39, 0.29) is 4.90 Å². The number of hydrogen-bond donors (Lipinski definition) is 1. The summed E-state index contributed by atoms with van der Waals surface area (Å²) in [5.41, 5.74) is 3.06. The zero-order valence-corrected chi connectivity index (χ0v) is 18.1. The maximum absolute atomic E-state index is 13.4. The average molecular weight is 405 g/mol. The van der Waals surface area contributed by atoms with Gasteiger partial charge < -0.3 is 14.5 Å². The topological polar surface area (TPSA) is 54.3 Å². The van der Waals surface area contributed by atoms with Crippen LogP contribution in [-0.4, -0.2) is 64.9 Å². The molecule has 0 saturated carbocycles. The van der Waals surface area contributed by atoms with Gasteiger partial charge in [0.05, 0.1) is 14.1 Å². The minimum absolute atomic E-state index is 0.231. The van der Waals surface area contributed by atoms with Crippen LogP contribution in [0.2, 0.25) is 0 Å². The molecule has 0 amide bonds. The molecule has 7 heteroatoms. The van der Waals surface area contributed by atoms with Gasteiger partial charge in [-0.05, 0) is 50.2 Å². The summed E-state index contributed by atoms with van der Waals surface area (Å²) in [5, 5.41) is 0. The Morgan fingerprint density at radius 2 is 1.54 bits per heavy atom. The molecule has 152 valence electrons. The molecule has 1 heterocycles. The van der Waals surface area contributed by atoms with E-state index in [0.29, 0.717) is 24.6 Å². The molecule has 28 heavy (non-hydrogen) atoms. The molecule has 1 N–H and O–H groups in total. The molecular weight excluding hydrogens is 374 g/mol. The average Bonchev–Trinajstić information content (AvgIpc) is 2.61. The number of ether oxygens (including phenoxy) is 1. The van der Waals surface area contributed by atoms with Crippen molar-refractivity contribution >= 4 is 15.7 Å². The van der Waals surface area contributed by atoms with Crippen molar-refractivity contribution in [2.45, 2.75) is 18.7 Å². The summed E-state index contributed by atoms with van der Waals surface area (Å²) < 4.78 is 34.5. The van der Waals surface area contributed by atoms with E-state index in [9.17, 15) is 8.42 Å². The fraction of sp³-hybridized carbons (Fsp3) is 0.429. The highest BCUT2D eigenvalue weighted by atomic mass is 32.2. The Balaban J connectivity index is 2.03. The predicted octanol–water partition coefficient (Wildman–Crippen LogP) is 1.81. The normalized spacial score (nSPS) is 16.5. The van der Waals surface area contributed by atoms with Crippen LogP contribution in [0.3, 0.4) is 0 Å². The van der Waals surface area contributed by atoms with Crippen LogP contribution in [0, 0.1) is 13.8 Å². The third-order valence-electron chi connectivity index (χ3n) is 5.02. The number of piperazine rings is 1. The van der Waals surface area contributed by atoms with E-state index in [1.165, 1.54) is 0 Å². The number of quaternary nitrogens is 1. The molecule has 2 aromatic rings. The highest BCUT2D eigenvalue weighted by Gasteiger charge is 2.31. The van der Waals surface area contributed by atoms with Gasteiger partial charge >= 0.3 is 0 Å². The second-order valence-corrected chi connectivity index (χ2v) is 9.70. The van der Waals surface area contributed by atoms with E-state index in [1.54, 1.807) is 16.4 Å². The van der Waals surface area contributed by atoms with E-state index in [1.807, 2.05) is 53.2 Å². The summed E-state index contributed by atoms with van der Waals surface area (Å²) in [7, 11) is 2.32. The van der Waals surface area contributed by atoms with Gasteiger partial charge in [-0.15, -0.1) is 0 Å². The third kappa shape index (κ3) is 4.55. The van der Waals surface area contributed by atoms with Crippen LogP contribution < -0.4 is 9.64 Å². The summed E-state index contributed by atoms with van der Waals surface area (Å²) in [5.74, 6) is 1.02. The molecule has 6 nitrogen and oxygen atoms in total. The van der Waals surface area contributed by atoms with Crippen LogP contribution in [0.15, 0.2) is 41.3 Å². The molecule has 2 aromatic carbocycles. The molecule has 1 fully saturated rings. The zero-order valence-electron chi connectivity index (χ0n) is 17.3. The van der Waals surface area contributed by atoms with Crippen LogP contribution in [-0.2, 0) is 10.0 Å². The molecule has 0 aromatic heterocycles. The van der Waals surface area contributed by atoms with Gasteiger partial charge in [0, 0.05) is 38.3 Å². The Bertz CT molecular complexity index is 929. The molecule has 0 radical (unpaired) electrons. The van der Waals surface area contributed by atoms with Crippen molar-refractivity contribution in [1.82, 2.24) is 9.21 Å². The van der Waals surface area contributed by atoms with Crippen molar-refractivity contribution in [1.29, 1.82) is 0 Å². The van der Waals surface area contributed by atoms with E-state index in [2.05, 4.69) is 11.0 Å². The molecule has 0 unspecified atom stereocenters. The predicted molar refractivity (Wildman–Crippen MR) is 111 cm³/mol. The number of benzene rings is 2. The largest absolute Gasteiger partial charge is 0.456 e. The SMILES string of the molecule is Cc1cc(C)cc(Oc2ccc([NH+](C)C)cc2S(=O)(=O)N2CCN(C)CC2)c1. The van der Waals surface area contributed by atoms with E-state index >= 15 is 0 Å². The maximum Gasteiger partial charge on any atom is 0.247 e. The lowest BCUT2D eigenvalue weighted by atomic mass is 10.1. The van der Waals surface area contributed by atoms with Gasteiger partial charge in [-0.25, -0.2) is 8.42 Å². The second kappa shape index (κ2) is 8.21. The highest BCUT2D eigenvalue weighted by Crippen LogP contribution is 2.33. The Labute approximate surface area is 168 Å². The lowest BCUT2D eigenvalue weighted by molar-refractivity contribution is -0.786. The fourth-order valence-corrected chi connectivity index (χ4v) is 4.95. The van der Waals surface area contributed by atoms with Crippen molar-refractivity contribution in [3.05, 3.63) is 47.5 Å². The van der Waals surface area contributed by atoms with Crippen molar-refractivity contribution in [2.24, 2.45) is 0 Å². The van der Waals surface area contributed by atoms with Gasteiger partial charge in [0.2, 0.25) is 10.0 Å². The van der Waals surface area contributed by atoms with Gasteiger partial charge in [-0.2, -0.15) is 4.31 Å². The summed E-state index contributed by atoms with van der Waals surface area (Å²) in [4.78, 5) is 3.43. The van der Waals surface area contributed by atoms with Crippen molar-refractivity contribution in [2.75, 3.05) is 47.3 Å². The Hall–Kier alpha value is -1.93. The smallest absolute Gasteiger partial charge is 0.247 e. The Morgan fingerprint density at radius 1 is 0.929 bits per heavy atom. The molecule has 0 aliphatic carbocycles. The summed E-state index contributed by atoms with van der Waals surface area (Å²) >= 11 is 0. The Kier molecular flexibility index (Phi) is 6.09. The van der Waals surface area contributed by atoms with Crippen molar-refractivity contribution in [3.8, 4) is 11.5 Å². The molecular formula is C21H30N3O3S+. The molecule has 0 bridgehead atoms. The van der Waals surface area contributed by atoms with Gasteiger partial charge in [-0.1, -0.05) is 6.07 Å². The monoisotopic (exact) mass is 404 g/mol. The molecule has 0 spiro atoms. The quantitative estimate of drug-likeness (QED) is 0.826. The first-order chi connectivity index (χ1) is 13.2. The van der Waals surface area contributed by atoms with Gasteiger partial charge in [0.1, 0.15) is 22.1 Å². The second-order valence-electron chi connectivity index (χ2n) is 7.79. The number of hydrogen-bond acceptors (Lipinski definition) is 4. The minimum atomic E-state index is -3.64. The minimum Gasteiger partial charge on any atom is -0.456 e. The first kappa shape index (κ1) is 20.8. The van der Waals surface area contributed by atoms with Crippen LogP contribution in [0.4, 0.5) is 5.69 Å². The molecule has 1 aliphatic rings. The summed E-state index contributed by atoms with van der Waals surface area (Å²) in [6.45, 7) is 6.43. The maximum atomic E-state index is 13.4. The Morgan fingerprint density at radius 3 is 2.11 bits per heavy atom. The first-order valence-electron chi connectivity index (χ1n) is 9.56. The van der Waals surface area contributed by atoms with Gasteiger partial charge in [0.15, 0.2) is 0 Å². The van der Waals surface area contributed by atoms with Crippen LogP contribution in [0.5, 0.6) is 11.5 Å². The number of nitrogens with zero attached hydrogens (tertiary/aromatic N) is 2. The summed E-state index contributed by atoms with van der Waals surface area (Å²) in [6.07, 6.45) is 0. The number of rotatable bonds is 5. The van der Waals surface area contributed by atoms with Crippen LogP contribution in [0.1, 0.15) is 11.1 Å². The van der Waals surface area contributed by atoms with Crippen molar-refractivity contribution in [3.63, 3.8) is 0 Å². The van der Waals surface area contributed by atoms with Crippen LogP contribution in [0.25, 0.3) is 0 Å². The molecule has 3 rings (SSSR count). The number of sulfonamides is 1. The fourth-order valence-electron chi connectivity index (χ4n) is 3.39. The molecule has 1 saturated heterocycles. The number of likely N-dealkylation sites (N-methyl/N-ethyl adjacent to an activating group) is 1. The van der Waals surface area contributed by atoms with E-state index in [0.717, 1.165) is 34.8 Å². The van der Waals surface area contributed by atoms with Crippen molar-refractivity contribution < 1.29 is 18.1 Å². The third-order valence-corrected chi connectivity index (χ3v) is 6.94. The van der Waals surface area contributed by atoms with Gasteiger partial charge in [0.25, 0.3) is 0 Å². The summed E-state index contributed by atoms with van der Waals surface area (Å²) in [6, 6.07) is 11.3. The van der Waals surface area contributed by atoms with E-state index in [4.69, 9.17) is 4.74 Å². The molecule has 0 atom stereocenters. The lowest BCUT2D eigenvalue weighted by Crippen LogP contribution is -3.00. The number of nitrogens with one attached hydrogen (secondary N) is 1. The molecule has 1 aliphatic heterocycles. The van der Waals surface area contributed by atoms with E-state index < -0.39 is 10.0 Å². The highest BCUT2D eigenvalue weighted by molar-refractivity contribution is 7.89. The lowest BCUT2D eigenvalue weighted by Gasteiger charge is -2.32.